The molecule has 1 heterocycles. The van der Waals surface area contributed by atoms with E-state index in [4.69, 9.17) is 10.5 Å². The predicted molar refractivity (Wildman–Crippen MR) is 79.7 cm³/mol. The van der Waals surface area contributed by atoms with Crippen molar-refractivity contribution in [2.45, 2.75) is 19.4 Å². The van der Waals surface area contributed by atoms with Crippen molar-refractivity contribution < 1.29 is 9.53 Å². The molecular formula is C14H17N3O2S. The lowest BCUT2D eigenvalue weighted by Crippen LogP contribution is -2.14. The first-order valence-corrected chi connectivity index (χ1v) is 7.26. The van der Waals surface area contributed by atoms with Crippen LogP contribution in [0.1, 0.15) is 16.9 Å². The molecule has 2 rings (SSSR count). The maximum Gasteiger partial charge on any atom is 0.411 e. The standard InChI is InChI=1S/C14H17N3O2S/c15-7-3-5-11-4-1-2-6-13(11)17-14(18)19-9-12-8-16-10-20-12/h1-2,4,6,8,10H,3,5,7,9,15H2,(H,17,18). The number of carbonyl (C=O) groups is 1. The van der Waals surface area contributed by atoms with Gasteiger partial charge in [-0.25, -0.2) is 4.79 Å². The molecule has 2 aromatic rings. The molecule has 0 unspecified atom stereocenters. The third-order valence-corrected chi connectivity index (χ3v) is 3.49. The van der Waals surface area contributed by atoms with E-state index in [9.17, 15) is 4.79 Å². The van der Waals surface area contributed by atoms with Gasteiger partial charge in [-0.05, 0) is 31.0 Å². The number of ether oxygens (including phenoxy) is 1. The summed E-state index contributed by atoms with van der Waals surface area (Å²) in [4.78, 5) is 16.6. The Balaban J connectivity index is 1.90. The van der Waals surface area contributed by atoms with Crippen molar-refractivity contribution in [2.75, 3.05) is 11.9 Å². The predicted octanol–water partition coefficient (Wildman–Crippen LogP) is 2.78. The summed E-state index contributed by atoms with van der Waals surface area (Å²) in [6, 6.07) is 7.67. The Morgan fingerprint density at radius 3 is 3.00 bits per heavy atom. The molecule has 5 nitrogen and oxygen atoms in total. The van der Waals surface area contributed by atoms with Gasteiger partial charge in [0.05, 0.1) is 10.4 Å². The van der Waals surface area contributed by atoms with E-state index in [1.807, 2.05) is 24.3 Å². The summed E-state index contributed by atoms with van der Waals surface area (Å²) in [5.74, 6) is 0. The highest BCUT2D eigenvalue weighted by atomic mass is 32.1. The zero-order chi connectivity index (χ0) is 14.2. The lowest BCUT2D eigenvalue weighted by atomic mass is 10.1. The molecule has 0 radical (unpaired) electrons. The maximum atomic E-state index is 11.8. The van der Waals surface area contributed by atoms with Crippen LogP contribution in [0.15, 0.2) is 36.0 Å². The summed E-state index contributed by atoms with van der Waals surface area (Å²) < 4.78 is 5.15. The van der Waals surface area contributed by atoms with Gasteiger partial charge < -0.3 is 10.5 Å². The fraction of sp³-hybridized carbons (Fsp3) is 0.286. The molecule has 106 valence electrons. The van der Waals surface area contributed by atoms with E-state index in [1.54, 1.807) is 11.7 Å². The van der Waals surface area contributed by atoms with Crippen LogP contribution in [-0.2, 0) is 17.8 Å². The highest BCUT2D eigenvalue weighted by Crippen LogP contribution is 2.17. The Morgan fingerprint density at radius 2 is 2.25 bits per heavy atom. The highest BCUT2D eigenvalue weighted by Gasteiger charge is 2.07. The molecule has 0 spiro atoms. The van der Waals surface area contributed by atoms with Crippen molar-refractivity contribution in [3.63, 3.8) is 0 Å². The molecule has 6 heteroatoms. The van der Waals surface area contributed by atoms with Gasteiger partial charge in [0.1, 0.15) is 6.61 Å². The fourth-order valence-corrected chi connectivity index (χ4v) is 2.25. The molecule has 1 aromatic carbocycles. The second-order valence-electron chi connectivity index (χ2n) is 4.22. The number of hydrogen-bond acceptors (Lipinski definition) is 5. The minimum absolute atomic E-state index is 0.238. The maximum absolute atomic E-state index is 11.8. The molecule has 0 saturated heterocycles. The largest absolute Gasteiger partial charge is 0.444 e. The molecule has 1 amide bonds. The van der Waals surface area contributed by atoms with Crippen LogP contribution >= 0.6 is 11.3 Å². The van der Waals surface area contributed by atoms with Crippen LogP contribution in [0.25, 0.3) is 0 Å². The van der Waals surface area contributed by atoms with E-state index in [2.05, 4.69) is 10.3 Å². The number of aromatic nitrogens is 1. The highest BCUT2D eigenvalue weighted by molar-refractivity contribution is 7.09. The first kappa shape index (κ1) is 14.5. The van der Waals surface area contributed by atoms with E-state index in [0.29, 0.717) is 6.54 Å². The zero-order valence-electron chi connectivity index (χ0n) is 11.0. The van der Waals surface area contributed by atoms with Crippen LogP contribution in [0, 0.1) is 0 Å². The van der Waals surface area contributed by atoms with E-state index in [1.165, 1.54) is 11.3 Å². The van der Waals surface area contributed by atoms with Crippen LogP contribution in [0.3, 0.4) is 0 Å². The first-order valence-electron chi connectivity index (χ1n) is 6.38. The molecule has 0 atom stereocenters. The number of anilines is 1. The topological polar surface area (TPSA) is 77.2 Å². The first-order chi connectivity index (χ1) is 9.79. The SMILES string of the molecule is NCCCc1ccccc1NC(=O)OCc1cncs1. The number of aryl methyl sites for hydroxylation is 1. The number of nitrogens with zero attached hydrogens (tertiary/aromatic N) is 1. The number of carbonyl (C=O) groups excluding carboxylic acids is 1. The number of rotatable bonds is 6. The lowest BCUT2D eigenvalue weighted by Gasteiger charge is -2.10. The van der Waals surface area contributed by atoms with Crippen molar-refractivity contribution in [1.82, 2.24) is 4.98 Å². The fourth-order valence-electron chi connectivity index (χ4n) is 1.75. The second-order valence-corrected chi connectivity index (χ2v) is 5.19. The molecule has 0 bridgehead atoms. The molecule has 0 aliphatic heterocycles. The lowest BCUT2D eigenvalue weighted by molar-refractivity contribution is 0.156. The summed E-state index contributed by atoms with van der Waals surface area (Å²) in [5, 5.41) is 2.76. The number of amides is 1. The van der Waals surface area contributed by atoms with Crippen LogP contribution in [-0.4, -0.2) is 17.6 Å². The Hall–Kier alpha value is -1.92. The van der Waals surface area contributed by atoms with Gasteiger partial charge in [-0.2, -0.15) is 0 Å². The molecule has 0 fully saturated rings. The van der Waals surface area contributed by atoms with Crippen LogP contribution in [0.4, 0.5) is 10.5 Å². The van der Waals surface area contributed by atoms with Crippen molar-refractivity contribution in [3.8, 4) is 0 Å². The van der Waals surface area contributed by atoms with Crippen molar-refractivity contribution in [2.24, 2.45) is 5.73 Å². The minimum Gasteiger partial charge on any atom is -0.444 e. The smallest absolute Gasteiger partial charge is 0.411 e. The van der Waals surface area contributed by atoms with Gasteiger partial charge in [0.15, 0.2) is 0 Å². The van der Waals surface area contributed by atoms with Gasteiger partial charge in [0.25, 0.3) is 0 Å². The average molecular weight is 291 g/mol. The zero-order valence-corrected chi connectivity index (χ0v) is 11.9. The van der Waals surface area contributed by atoms with E-state index in [0.717, 1.165) is 29.0 Å². The summed E-state index contributed by atoms with van der Waals surface area (Å²) >= 11 is 1.46. The van der Waals surface area contributed by atoms with Gasteiger partial charge in [-0.3, -0.25) is 10.3 Å². The van der Waals surface area contributed by atoms with E-state index >= 15 is 0 Å². The van der Waals surface area contributed by atoms with Gasteiger partial charge in [-0.1, -0.05) is 18.2 Å². The summed E-state index contributed by atoms with van der Waals surface area (Å²) in [6.07, 6.45) is 2.95. The number of nitrogens with two attached hydrogens (primary N) is 1. The molecular weight excluding hydrogens is 274 g/mol. The quantitative estimate of drug-likeness (QED) is 0.858. The summed E-state index contributed by atoms with van der Waals surface area (Å²) in [7, 11) is 0. The normalized spacial score (nSPS) is 10.2. The summed E-state index contributed by atoms with van der Waals surface area (Å²) in [5.41, 5.74) is 9.06. The van der Waals surface area contributed by atoms with Crippen LogP contribution in [0.2, 0.25) is 0 Å². The number of nitrogens with one attached hydrogen (secondary N) is 1. The third-order valence-electron chi connectivity index (χ3n) is 2.73. The molecule has 0 aliphatic rings. The Labute approximate surface area is 121 Å². The average Bonchev–Trinajstić information content (AvgIpc) is 2.97. The second kappa shape index (κ2) is 7.62. The van der Waals surface area contributed by atoms with Crippen LogP contribution < -0.4 is 11.1 Å². The Bertz CT molecular complexity index is 543. The van der Waals surface area contributed by atoms with Gasteiger partial charge in [0.2, 0.25) is 0 Å². The number of hydrogen-bond donors (Lipinski definition) is 2. The van der Waals surface area contributed by atoms with Gasteiger partial charge in [0, 0.05) is 11.9 Å². The van der Waals surface area contributed by atoms with Gasteiger partial charge in [-0.15, -0.1) is 11.3 Å². The number of benzene rings is 1. The van der Waals surface area contributed by atoms with Crippen molar-refractivity contribution >= 4 is 23.1 Å². The Morgan fingerprint density at radius 1 is 1.40 bits per heavy atom. The van der Waals surface area contributed by atoms with Gasteiger partial charge >= 0.3 is 6.09 Å². The Kier molecular flexibility index (Phi) is 5.52. The number of thiazole rings is 1. The van der Waals surface area contributed by atoms with E-state index in [-0.39, 0.29) is 6.61 Å². The molecule has 0 aliphatic carbocycles. The molecule has 1 aromatic heterocycles. The number of para-hydroxylation sites is 1. The molecule has 0 saturated carbocycles. The van der Waals surface area contributed by atoms with Crippen molar-refractivity contribution in [3.05, 3.63) is 46.4 Å². The summed E-state index contributed by atoms with van der Waals surface area (Å²) in [6.45, 7) is 0.867. The van der Waals surface area contributed by atoms with Crippen LogP contribution in [0.5, 0.6) is 0 Å². The third kappa shape index (κ3) is 4.32. The molecule has 20 heavy (non-hydrogen) atoms. The molecule has 3 N–H and O–H groups in total. The van der Waals surface area contributed by atoms with E-state index < -0.39 is 6.09 Å². The minimum atomic E-state index is -0.460. The monoisotopic (exact) mass is 291 g/mol. The van der Waals surface area contributed by atoms with Crippen molar-refractivity contribution in [1.29, 1.82) is 0 Å².